The third kappa shape index (κ3) is 6.30. The fourth-order valence-electron chi connectivity index (χ4n) is 5.30. The van der Waals surface area contributed by atoms with E-state index in [0.717, 1.165) is 11.6 Å². The van der Waals surface area contributed by atoms with Crippen LogP contribution in [0.5, 0.6) is 0 Å². The summed E-state index contributed by atoms with van der Waals surface area (Å²) in [6.45, 7) is 8.77. The van der Waals surface area contributed by atoms with Crippen LogP contribution in [0.3, 0.4) is 0 Å². The van der Waals surface area contributed by atoms with Crippen LogP contribution >= 0.6 is 11.6 Å². The molecular formula is C28H35ClF2N4O2. The Hall–Kier alpha value is -2.55. The van der Waals surface area contributed by atoms with Crippen LogP contribution in [0.2, 0.25) is 5.02 Å². The second kappa shape index (κ2) is 11.1. The molecule has 2 aliphatic heterocycles. The van der Waals surface area contributed by atoms with Gasteiger partial charge >= 0.3 is 0 Å². The molecule has 2 aliphatic rings. The SMILES string of the molecule is CC(C)(C)N1C[C@@H](C(=O)N2CCN(C(=O)[C@@H](N)Cc3ccc(Cl)cc3)CC2)[C@H](c2ccc(F)cc2F)C1. The van der Waals surface area contributed by atoms with Gasteiger partial charge in [-0.05, 0) is 56.5 Å². The Kier molecular flexibility index (Phi) is 8.21. The zero-order chi connectivity index (χ0) is 26.9. The van der Waals surface area contributed by atoms with Gasteiger partial charge in [-0.1, -0.05) is 29.8 Å². The molecule has 37 heavy (non-hydrogen) atoms. The third-order valence-electron chi connectivity index (χ3n) is 7.54. The van der Waals surface area contributed by atoms with Gasteiger partial charge in [-0.25, -0.2) is 8.78 Å². The lowest BCUT2D eigenvalue weighted by atomic mass is 9.87. The molecule has 0 radical (unpaired) electrons. The standard InChI is InChI=1S/C28H35ClF2N4O2/c1-28(2,3)35-16-22(21-9-8-20(30)15-24(21)31)23(17-35)26(36)33-10-12-34(13-11-33)27(37)25(32)14-18-4-6-19(29)7-5-18/h4-9,15,22-23,25H,10-14,16-17,32H2,1-3H3/t22-,23+,25-/m0/s1. The number of benzene rings is 2. The van der Waals surface area contributed by atoms with Gasteiger partial charge in [0.1, 0.15) is 11.6 Å². The molecule has 0 aliphatic carbocycles. The topological polar surface area (TPSA) is 69.9 Å². The summed E-state index contributed by atoms with van der Waals surface area (Å²) in [6.07, 6.45) is 0.408. The zero-order valence-electron chi connectivity index (χ0n) is 21.6. The molecule has 2 N–H and O–H groups in total. The maximum absolute atomic E-state index is 14.8. The molecule has 6 nitrogen and oxygen atoms in total. The van der Waals surface area contributed by atoms with Gasteiger partial charge in [-0.15, -0.1) is 0 Å². The summed E-state index contributed by atoms with van der Waals surface area (Å²) in [4.78, 5) is 32.3. The predicted molar refractivity (Wildman–Crippen MR) is 140 cm³/mol. The van der Waals surface area contributed by atoms with Crippen molar-refractivity contribution in [1.82, 2.24) is 14.7 Å². The summed E-state index contributed by atoms with van der Waals surface area (Å²) >= 11 is 5.93. The number of amides is 2. The molecular weight excluding hydrogens is 498 g/mol. The highest BCUT2D eigenvalue weighted by Crippen LogP contribution is 2.38. The van der Waals surface area contributed by atoms with E-state index in [4.69, 9.17) is 17.3 Å². The van der Waals surface area contributed by atoms with E-state index >= 15 is 0 Å². The van der Waals surface area contributed by atoms with E-state index in [1.54, 1.807) is 21.9 Å². The maximum atomic E-state index is 14.8. The monoisotopic (exact) mass is 532 g/mol. The van der Waals surface area contributed by atoms with Crippen LogP contribution in [0.15, 0.2) is 42.5 Å². The van der Waals surface area contributed by atoms with Crippen molar-refractivity contribution in [3.8, 4) is 0 Å². The van der Waals surface area contributed by atoms with Crippen LogP contribution in [-0.2, 0) is 16.0 Å². The van der Waals surface area contributed by atoms with Crippen molar-refractivity contribution in [2.45, 2.75) is 44.7 Å². The minimum absolute atomic E-state index is 0.0574. The molecule has 0 spiro atoms. The second-order valence-corrected chi connectivity index (χ2v) is 11.5. The van der Waals surface area contributed by atoms with Gasteiger partial charge in [-0.2, -0.15) is 0 Å². The first-order valence-electron chi connectivity index (χ1n) is 12.7. The number of likely N-dealkylation sites (tertiary alicyclic amines) is 1. The smallest absolute Gasteiger partial charge is 0.239 e. The highest BCUT2D eigenvalue weighted by Gasteiger charge is 2.44. The molecule has 3 atom stereocenters. The van der Waals surface area contributed by atoms with Crippen molar-refractivity contribution in [1.29, 1.82) is 0 Å². The molecule has 2 aromatic rings. The van der Waals surface area contributed by atoms with Crippen molar-refractivity contribution in [3.05, 3.63) is 70.2 Å². The zero-order valence-corrected chi connectivity index (χ0v) is 22.3. The number of carbonyl (C=O) groups excluding carboxylic acids is 2. The van der Waals surface area contributed by atoms with Crippen molar-refractivity contribution in [2.24, 2.45) is 11.7 Å². The normalized spacial score (nSPS) is 21.8. The molecule has 0 aromatic heterocycles. The summed E-state index contributed by atoms with van der Waals surface area (Å²) in [5, 5.41) is 0.627. The van der Waals surface area contributed by atoms with E-state index in [-0.39, 0.29) is 23.3 Å². The average molecular weight is 533 g/mol. The Morgan fingerprint density at radius 3 is 2.22 bits per heavy atom. The van der Waals surface area contributed by atoms with Crippen LogP contribution in [0.4, 0.5) is 8.78 Å². The van der Waals surface area contributed by atoms with Gasteiger partial charge in [0.15, 0.2) is 0 Å². The van der Waals surface area contributed by atoms with Crippen LogP contribution in [0, 0.1) is 17.6 Å². The van der Waals surface area contributed by atoms with E-state index in [1.165, 1.54) is 12.1 Å². The fourth-order valence-corrected chi connectivity index (χ4v) is 5.42. The highest BCUT2D eigenvalue weighted by molar-refractivity contribution is 6.30. The number of carbonyl (C=O) groups is 2. The van der Waals surface area contributed by atoms with Gasteiger partial charge in [-0.3, -0.25) is 14.5 Å². The number of piperazine rings is 1. The number of nitrogens with zero attached hydrogens (tertiary/aromatic N) is 3. The fraction of sp³-hybridized carbons (Fsp3) is 0.500. The largest absolute Gasteiger partial charge is 0.339 e. The second-order valence-electron chi connectivity index (χ2n) is 11.0. The molecule has 2 saturated heterocycles. The Labute approximate surface area is 222 Å². The molecule has 0 saturated carbocycles. The van der Waals surface area contributed by atoms with Crippen LogP contribution in [0.1, 0.15) is 37.8 Å². The van der Waals surface area contributed by atoms with Crippen molar-refractivity contribution in [2.75, 3.05) is 39.3 Å². The first-order chi connectivity index (χ1) is 17.4. The van der Waals surface area contributed by atoms with Crippen LogP contribution in [0.25, 0.3) is 0 Å². The van der Waals surface area contributed by atoms with Gasteiger partial charge in [0.2, 0.25) is 11.8 Å². The number of rotatable bonds is 5. The summed E-state index contributed by atoms with van der Waals surface area (Å²) in [5.74, 6) is -2.28. The summed E-state index contributed by atoms with van der Waals surface area (Å²) in [5.41, 5.74) is 7.31. The van der Waals surface area contributed by atoms with Gasteiger partial charge in [0, 0.05) is 61.8 Å². The van der Waals surface area contributed by atoms with Crippen molar-refractivity contribution < 1.29 is 18.4 Å². The minimum Gasteiger partial charge on any atom is -0.339 e. The van der Waals surface area contributed by atoms with Crippen LogP contribution in [-0.4, -0.2) is 77.4 Å². The predicted octanol–water partition coefficient (Wildman–Crippen LogP) is 3.67. The third-order valence-corrected chi connectivity index (χ3v) is 7.79. The molecule has 200 valence electrons. The van der Waals surface area contributed by atoms with E-state index in [0.29, 0.717) is 56.3 Å². The lowest BCUT2D eigenvalue weighted by Crippen LogP contribution is -2.56. The van der Waals surface area contributed by atoms with E-state index < -0.39 is 23.6 Å². The lowest BCUT2D eigenvalue weighted by Gasteiger charge is -2.37. The van der Waals surface area contributed by atoms with E-state index in [2.05, 4.69) is 25.7 Å². The molecule has 9 heteroatoms. The van der Waals surface area contributed by atoms with Gasteiger partial charge in [0.05, 0.1) is 12.0 Å². The van der Waals surface area contributed by atoms with E-state index in [1.807, 2.05) is 12.1 Å². The van der Waals surface area contributed by atoms with Gasteiger partial charge < -0.3 is 15.5 Å². The molecule has 2 fully saturated rings. The molecule has 0 bridgehead atoms. The Bertz CT molecular complexity index is 1130. The summed E-state index contributed by atoms with van der Waals surface area (Å²) in [7, 11) is 0. The maximum Gasteiger partial charge on any atom is 0.239 e. The molecule has 4 rings (SSSR count). The summed E-state index contributed by atoms with van der Waals surface area (Å²) in [6, 6.07) is 10.2. The van der Waals surface area contributed by atoms with Crippen molar-refractivity contribution >= 4 is 23.4 Å². The Balaban J connectivity index is 1.41. The number of hydrogen-bond acceptors (Lipinski definition) is 4. The van der Waals surface area contributed by atoms with E-state index in [9.17, 15) is 18.4 Å². The Morgan fingerprint density at radius 2 is 1.62 bits per heavy atom. The Morgan fingerprint density at radius 1 is 1.00 bits per heavy atom. The molecule has 2 aromatic carbocycles. The average Bonchev–Trinajstić information content (AvgIpc) is 3.30. The molecule has 2 heterocycles. The number of hydrogen-bond donors (Lipinski definition) is 1. The first kappa shape index (κ1) is 27.5. The quantitative estimate of drug-likeness (QED) is 0.638. The first-order valence-corrected chi connectivity index (χ1v) is 13.1. The lowest BCUT2D eigenvalue weighted by molar-refractivity contribution is -0.142. The summed E-state index contributed by atoms with van der Waals surface area (Å²) < 4.78 is 28.3. The van der Waals surface area contributed by atoms with Gasteiger partial charge in [0.25, 0.3) is 0 Å². The molecule has 2 amide bonds. The highest BCUT2D eigenvalue weighted by atomic mass is 35.5. The number of halogens is 3. The van der Waals surface area contributed by atoms with Crippen molar-refractivity contribution in [3.63, 3.8) is 0 Å². The number of nitrogens with two attached hydrogens (primary N) is 1. The minimum atomic E-state index is -0.676. The van der Waals surface area contributed by atoms with Crippen LogP contribution < -0.4 is 5.73 Å². The molecule has 0 unspecified atom stereocenters.